The van der Waals surface area contributed by atoms with Gasteiger partial charge in [0.25, 0.3) is 0 Å². The maximum Gasteiger partial charge on any atom is 0.184 e. The molecule has 31 heavy (non-hydrogen) atoms. The first-order valence-corrected chi connectivity index (χ1v) is 9.98. The van der Waals surface area contributed by atoms with Crippen LogP contribution >= 0.6 is 0 Å². The molecule has 0 atom stereocenters. The molecule has 0 radical (unpaired) electrons. The minimum absolute atomic E-state index is 0.0984. The van der Waals surface area contributed by atoms with Crippen molar-refractivity contribution in [3.63, 3.8) is 0 Å². The molecule has 0 saturated carbocycles. The van der Waals surface area contributed by atoms with Gasteiger partial charge < -0.3 is 14.2 Å². The topological polar surface area (TPSA) is 27.7 Å². The van der Waals surface area contributed by atoms with Crippen LogP contribution in [0.25, 0.3) is 11.7 Å². The zero-order chi connectivity index (χ0) is 22.6. The Hall–Kier alpha value is -2.45. The van der Waals surface area contributed by atoms with E-state index in [0.717, 1.165) is 24.3 Å². The molecule has 168 valence electrons. The summed E-state index contributed by atoms with van der Waals surface area (Å²) in [5, 5.41) is 0. The number of hydrogen-bond donors (Lipinski definition) is 0. The van der Waals surface area contributed by atoms with Crippen molar-refractivity contribution in [3.05, 3.63) is 64.7 Å². The molecule has 1 heterocycles. The molecule has 0 spiro atoms. The van der Waals surface area contributed by atoms with Gasteiger partial charge in [0.2, 0.25) is 0 Å². The summed E-state index contributed by atoms with van der Waals surface area (Å²) in [6.07, 6.45) is -0.123. The van der Waals surface area contributed by atoms with Crippen LogP contribution in [0.2, 0.25) is 0 Å². The maximum absolute atomic E-state index is 14.6. The lowest BCUT2D eigenvalue weighted by molar-refractivity contribution is -0.239. The number of ether oxygens (including phenoxy) is 3. The average molecular weight is 442 g/mol. The van der Waals surface area contributed by atoms with Crippen LogP contribution in [0.4, 0.5) is 22.0 Å². The highest BCUT2D eigenvalue weighted by molar-refractivity contribution is 5.83. The largest absolute Gasteiger partial charge is 0.491 e. The monoisotopic (exact) mass is 442 g/mol. The van der Waals surface area contributed by atoms with Crippen LogP contribution in [0.1, 0.15) is 49.7 Å². The van der Waals surface area contributed by atoms with Gasteiger partial charge in [-0.05, 0) is 43.7 Å². The van der Waals surface area contributed by atoms with Crippen LogP contribution in [0.3, 0.4) is 0 Å². The molecule has 8 heteroatoms. The lowest BCUT2D eigenvalue weighted by Crippen LogP contribution is -2.41. The Balaban J connectivity index is 1.80. The number of alkyl halides is 1. The second kappa shape index (κ2) is 9.78. The summed E-state index contributed by atoms with van der Waals surface area (Å²) in [5.41, 5.74) is -2.43. The van der Waals surface area contributed by atoms with Gasteiger partial charge in [0, 0.05) is 16.7 Å². The molecule has 0 N–H and O–H groups in total. The van der Waals surface area contributed by atoms with Gasteiger partial charge >= 0.3 is 0 Å². The standard InChI is InChI=1S/C23H23F5O3/c1-3-9-23(28)12-30-22(31-13-23)15-5-7-16(17(24)11-15)21(27)20(26)14-6-8-19(29-4-2)18(25)10-14/h5-8,10-11,22H,3-4,9,12-13H2,1-2H3/b21-20+. The molecule has 1 saturated heterocycles. The smallest absolute Gasteiger partial charge is 0.184 e. The lowest BCUT2D eigenvalue weighted by Gasteiger charge is -2.34. The van der Waals surface area contributed by atoms with Crippen molar-refractivity contribution in [2.24, 2.45) is 0 Å². The van der Waals surface area contributed by atoms with E-state index in [1.54, 1.807) is 6.92 Å². The molecule has 0 amide bonds. The van der Waals surface area contributed by atoms with E-state index in [9.17, 15) is 22.0 Å². The highest BCUT2D eigenvalue weighted by Crippen LogP contribution is 2.35. The Morgan fingerprint density at radius 3 is 2.29 bits per heavy atom. The zero-order valence-electron chi connectivity index (χ0n) is 17.2. The summed E-state index contributed by atoms with van der Waals surface area (Å²) in [6, 6.07) is 6.35. The third-order valence-corrected chi connectivity index (χ3v) is 4.86. The van der Waals surface area contributed by atoms with E-state index < -0.39 is 46.4 Å². The minimum atomic E-state index is -1.60. The molecule has 0 bridgehead atoms. The van der Waals surface area contributed by atoms with E-state index in [0.29, 0.717) is 6.42 Å². The Morgan fingerprint density at radius 1 is 1.00 bits per heavy atom. The van der Waals surface area contributed by atoms with Gasteiger partial charge in [0.1, 0.15) is 5.82 Å². The van der Waals surface area contributed by atoms with E-state index in [4.69, 9.17) is 14.2 Å². The van der Waals surface area contributed by atoms with Gasteiger partial charge in [-0.3, -0.25) is 0 Å². The van der Waals surface area contributed by atoms with Crippen molar-refractivity contribution >= 4 is 11.7 Å². The molecule has 3 rings (SSSR count). The van der Waals surface area contributed by atoms with Gasteiger partial charge in [0.15, 0.2) is 35.2 Å². The first-order valence-electron chi connectivity index (χ1n) is 9.98. The third-order valence-electron chi connectivity index (χ3n) is 4.86. The molecule has 0 unspecified atom stereocenters. The van der Waals surface area contributed by atoms with Gasteiger partial charge in [-0.1, -0.05) is 19.4 Å². The van der Waals surface area contributed by atoms with E-state index in [1.807, 2.05) is 6.92 Å². The van der Waals surface area contributed by atoms with Crippen molar-refractivity contribution in [1.29, 1.82) is 0 Å². The van der Waals surface area contributed by atoms with Crippen molar-refractivity contribution in [2.45, 2.75) is 38.6 Å². The Kier molecular flexibility index (Phi) is 7.33. The van der Waals surface area contributed by atoms with Crippen LogP contribution in [0.5, 0.6) is 5.75 Å². The fraction of sp³-hybridized carbons (Fsp3) is 0.391. The summed E-state index contributed by atoms with van der Waals surface area (Å²) in [4.78, 5) is 0. The Bertz CT molecular complexity index is 952. The summed E-state index contributed by atoms with van der Waals surface area (Å²) >= 11 is 0. The van der Waals surface area contributed by atoms with E-state index in [2.05, 4.69) is 0 Å². The number of hydrogen-bond acceptors (Lipinski definition) is 3. The highest BCUT2D eigenvalue weighted by Gasteiger charge is 2.37. The maximum atomic E-state index is 14.6. The first kappa shape index (κ1) is 23.2. The SMILES string of the molecule is CCCC1(F)COC(c2ccc(/C(F)=C(\F)c3ccc(OCC)c(F)c3)c(F)c2)OC1. The van der Waals surface area contributed by atoms with E-state index in [-0.39, 0.29) is 37.6 Å². The summed E-state index contributed by atoms with van der Waals surface area (Å²) in [6.45, 7) is 3.29. The van der Waals surface area contributed by atoms with Gasteiger partial charge in [-0.25, -0.2) is 22.0 Å². The molecule has 2 aromatic carbocycles. The fourth-order valence-electron chi connectivity index (χ4n) is 3.34. The molecular formula is C23H23F5O3. The van der Waals surface area contributed by atoms with Crippen LogP contribution < -0.4 is 4.74 Å². The average Bonchev–Trinajstić information content (AvgIpc) is 2.75. The first-order chi connectivity index (χ1) is 14.8. The molecule has 1 fully saturated rings. The normalized spacial score (nSPS) is 22.2. The van der Waals surface area contributed by atoms with Gasteiger partial charge in [-0.15, -0.1) is 0 Å². The third kappa shape index (κ3) is 5.25. The van der Waals surface area contributed by atoms with Crippen molar-refractivity contribution in [1.82, 2.24) is 0 Å². The second-order valence-electron chi connectivity index (χ2n) is 7.30. The lowest BCUT2D eigenvalue weighted by atomic mass is 10.0. The molecule has 3 nitrogen and oxygen atoms in total. The van der Waals surface area contributed by atoms with Crippen molar-refractivity contribution in [2.75, 3.05) is 19.8 Å². The minimum Gasteiger partial charge on any atom is -0.491 e. The quantitative estimate of drug-likeness (QED) is 0.354. The van der Waals surface area contributed by atoms with E-state index >= 15 is 0 Å². The van der Waals surface area contributed by atoms with Crippen LogP contribution in [-0.4, -0.2) is 25.5 Å². The molecule has 1 aliphatic heterocycles. The predicted octanol–water partition coefficient (Wildman–Crippen LogP) is 6.68. The summed E-state index contributed by atoms with van der Waals surface area (Å²) in [5.74, 6) is -4.92. The molecule has 2 aromatic rings. The Morgan fingerprint density at radius 2 is 1.71 bits per heavy atom. The van der Waals surface area contributed by atoms with Gasteiger partial charge in [-0.2, -0.15) is 0 Å². The summed E-state index contributed by atoms with van der Waals surface area (Å²) in [7, 11) is 0. The highest BCUT2D eigenvalue weighted by atomic mass is 19.2. The molecule has 0 aromatic heterocycles. The number of benzene rings is 2. The molecular weight excluding hydrogens is 419 g/mol. The predicted molar refractivity (Wildman–Crippen MR) is 106 cm³/mol. The zero-order valence-corrected chi connectivity index (χ0v) is 17.2. The van der Waals surface area contributed by atoms with Crippen molar-refractivity contribution in [3.8, 4) is 5.75 Å². The molecule has 1 aliphatic rings. The van der Waals surface area contributed by atoms with Crippen LogP contribution in [0.15, 0.2) is 36.4 Å². The van der Waals surface area contributed by atoms with Crippen LogP contribution in [0, 0.1) is 11.6 Å². The molecule has 0 aliphatic carbocycles. The van der Waals surface area contributed by atoms with Gasteiger partial charge in [0.05, 0.1) is 19.8 Å². The fourth-order valence-corrected chi connectivity index (χ4v) is 3.34. The van der Waals surface area contributed by atoms with E-state index in [1.165, 1.54) is 12.1 Å². The Labute approximate surface area is 177 Å². The number of halogens is 5. The van der Waals surface area contributed by atoms with Crippen molar-refractivity contribution < 1.29 is 36.2 Å². The van der Waals surface area contributed by atoms with Crippen LogP contribution in [-0.2, 0) is 9.47 Å². The number of rotatable bonds is 7. The summed E-state index contributed by atoms with van der Waals surface area (Å²) < 4.78 is 87.7. The second-order valence-corrected chi connectivity index (χ2v) is 7.30.